The number of aryl methyl sites for hydroxylation is 1. The lowest BCUT2D eigenvalue weighted by atomic mass is 10.1. The largest absolute Gasteiger partial charge is 0.492 e. The van der Waals surface area contributed by atoms with Gasteiger partial charge in [0, 0.05) is 12.1 Å². The first kappa shape index (κ1) is 15.5. The molecule has 2 atom stereocenters. The van der Waals surface area contributed by atoms with Gasteiger partial charge in [-0.2, -0.15) is 0 Å². The van der Waals surface area contributed by atoms with Gasteiger partial charge >= 0.3 is 0 Å². The van der Waals surface area contributed by atoms with Gasteiger partial charge in [0.25, 0.3) is 0 Å². The van der Waals surface area contributed by atoms with Crippen LogP contribution in [-0.2, 0) is 0 Å². The van der Waals surface area contributed by atoms with E-state index in [1.165, 1.54) is 11.6 Å². The van der Waals surface area contributed by atoms with Gasteiger partial charge in [-0.3, -0.25) is 0 Å². The van der Waals surface area contributed by atoms with Crippen molar-refractivity contribution in [2.75, 3.05) is 6.61 Å². The summed E-state index contributed by atoms with van der Waals surface area (Å²) >= 11 is 0. The maximum Gasteiger partial charge on any atom is 0.123 e. The number of halogens is 1. The van der Waals surface area contributed by atoms with Crippen molar-refractivity contribution in [1.29, 1.82) is 0 Å². The molecule has 0 aliphatic carbocycles. The zero-order valence-corrected chi connectivity index (χ0v) is 12.8. The fourth-order valence-corrected chi connectivity index (χ4v) is 2.20. The molecule has 0 aromatic heterocycles. The fraction of sp³-hybridized carbons (Fsp3) is 0.333. The highest BCUT2D eigenvalue weighted by molar-refractivity contribution is 5.26. The molecule has 0 radical (unpaired) electrons. The zero-order chi connectivity index (χ0) is 15.2. The second kappa shape index (κ2) is 7.23. The first-order chi connectivity index (χ1) is 10.0. The van der Waals surface area contributed by atoms with Crippen molar-refractivity contribution in [1.82, 2.24) is 5.32 Å². The fourth-order valence-electron chi connectivity index (χ4n) is 2.20. The van der Waals surface area contributed by atoms with E-state index >= 15 is 0 Å². The maximum absolute atomic E-state index is 13.2. The number of nitrogens with one attached hydrogen (secondary N) is 1. The van der Waals surface area contributed by atoms with Crippen LogP contribution in [0.1, 0.15) is 31.0 Å². The Morgan fingerprint density at radius 2 is 1.81 bits per heavy atom. The van der Waals surface area contributed by atoms with Crippen molar-refractivity contribution in [3.05, 3.63) is 65.5 Å². The van der Waals surface area contributed by atoms with Gasteiger partial charge in [0.2, 0.25) is 0 Å². The van der Waals surface area contributed by atoms with Crippen LogP contribution in [0.4, 0.5) is 4.39 Å². The molecule has 0 amide bonds. The van der Waals surface area contributed by atoms with Gasteiger partial charge < -0.3 is 10.1 Å². The van der Waals surface area contributed by atoms with E-state index in [0.29, 0.717) is 6.61 Å². The SMILES string of the molecule is Cc1ccc(OCC(C)NC(C)c2cccc(F)c2)cc1. The minimum Gasteiger partial charge on any atom is -0.492 e. The third kappa shape index (κ3) is 4.87. The highest BCUT2D eigenvalue weighted by atomic mass is 19.1. The molecule has 2 rings (SSSR count). The Bertz CT molecular complexity index is 568. The van der Waals surface area contributed by atoms with Crippen LogP contribution in [-0.4, -0.2) is 12.6 Å². The summed E-state index contributed by atoms with van der Waals surface area (Å²) in [7, 11) is 0. The van der Waals surface area contributed by atoms with Crippen LogP contribution in [0.3, 0.4) is 0 Å². The molecule has 3 heteroatoms. The molecular weight excluding hydrogens is 265 g/mol. The van der Waals surface area contributed by atoms with Crippen molar-refractivity contribution in [2.24, 2.45) is 0 Å². The molecule has 2 aromatic carbocycles. The average molecular weight is 287 g/mol. The Kier molecular flexibility index (Phi) is 5.34. The predicted octanol–water partition coefficient (Wildman–Crippen LogP) is 4.25. The van der Waals surface area contributed by atoms with E-state index in [0.717, 1.165) is 11.3 Å². The van der Waals surface area contributed by atoms with E-state index in [2.05, 4.69) is 19.2 Å². The van der Waals surface area contributed by atoms with Crippen molar-refractivity contribution < 1.29 is 9.13 Å². The molecule has 0 bridgehead atoms. The smallest absolute Gasteiger partial charge is 0.123 e. The monoisotopic (exact) mass is 287 g/mol. The van der Waals surface area contributed by atoms with Crippen LogP contribution in [0.15, 0.2) is 48.5 Å². The first-order valence-electron chi connectivity index (χ1n) is 7.25. The summed E-state index contributed by atoms with van der Waals surface area (Å²) in [5, 5.41) is 3.41. The Labute approximate surface area is 126 Å². The van der Waals surface area contributed by atoms with Crippen LogP contribution in [0.2, 0.25) is 0 Å². The summed E-state index contributed by atoms with van der Waals surface area (Å²) < 4.78 is 19.0. The first-order valence-corrected chi connectivity index (χ1v) is 7.25. The predicted molar refractivity (Wildman–Crippen MR) is 84.1 cm³/mol. The van der Waals surface area contributed by atoms with E-state index in [9.17, 15) is 4.39 Å². The summed E-state index contributed by atoms with van der Waals surface area (Å²) in [6.45, 7) is 6.71. The Morgan fingerprint density at radius 3 is 2.48 bits per heavy atom. The molecule has 0 saturated carbocycles. The third-order valence-electron chi connectivity index (χ3n) is 3.40. The van der Waals surface area contributed by atoms with Gasteiger partial charge in [0.15, 0.2) is 0 Å². The maximum atomic E-state index is 13.2. The summed E-state index contributed by atoms with van der Waals surface area (Å²) in [6, 6.07) is 14.9. The van der Waals surface area contributed by atoms with Crippen LogP contribution < -0.4 is 10.1 Å². The van der Waals surface area contributed by atoms with E-state index in [4.69, 9.17) is 4.74 Å². The lowest BCUT2D eigenvalue weighted by Crippen LogP contribution is -2.33. The highest BCUT2D eigenvalue weighted by Gasteiger charge is 2.10. The summed E-state index contributed by atoms with van der Waals surface area (Å²) in [4.78, 5) is 0. The van der Waals surface area contributed by atoms with Crippen LogP contribution >= 0.6 is 0 Å². The summed E-state index contributed by atoms with van der Waals surface area (Å²) in [6.07, 6.45) is 0. The van der Waals surface area contributed by atoms with E-state index < -0.39 is 0 Å². The summed E-state index contributed by atoms with van der Waals surface area (Å²) in [5.74, 6) is 0.664. The van der Waals surface area contributed by atoms with Crippen molar-refractivity contribution in [2.45, 2.75) is 32.9 Å². The molecule has 0 aliphatic rings. The molecule has 2 aromatic rings. The van der Waals surface area contributed by atoms with Gasteiger partial charge in [-0.1, -0.05) is 29.8 Å². The van der Waals surface area contributed by atoms with Gasteiger partial charge in [0.05, 0.1) is 0 Å². The lowest BCUT2D eigenvalue weighted by Gasteiger charge is -2.21. The molecular formula is C18H22FNO. The standard InChI is InChI=1S/C18H22FNO/c1-13-7-9-18(10-8-13)21-12-14(2)20-15(3)16-5-4-6-17(19)11-16/h4-11,14-15,20H,12H2,1-3H3. The molecule has 0 saturated heterocycles. The van der Waals surface area contributed by atoms with E-state index in [-0.39, 0.29) is 17.9 Å². The van der Waals surface area contributed by atoms with E-state index in [1.807, 2.05) is 37.3 Å². The van der Waals surface area contributed by atoms with Crippen molar-refractivity contribution >= 4 is 0 Å². The van der Waals surface area contributed by atoms with E-state index in [1.54, 1.807) is 12.1 Å². The molecule has 112 valence electrons. The molecule has 1 N–H and O–H groups in total. The molecule has 0 heterocycles. The number of benzene rings is 2. The molecule has 2 unspecified atom stereocenters. The highest BCUT2D eigenvalue weighted by Crippen LogP contribution is 2.15. The topological polar surface area (TPSA) is 21.3 Å². The van der Waals surface area contributed by atoms with Gasteiger partial charge in [-0.05, 0) is 50.6 Å². The van der Waals surface area contributed by atoms with Crippen molar-refractivity contribution in [3.8, 4) is 5.75 Å². The van der Waals surface area contributed by atoms with Crippen LogP contribution in [0, 0.1) is 12.7 Å². The molecule has 0 aliphatic heterocycles. The Hall–Kier alpha value is -1.87. The minimum absolute atomic E-state index is 0.0808. The van der Waals surface area contributed by atoms with Gasteiger partial charge in [-0.25, -0.2) is 4.39 Å². The van der Waals surface area contributed by atoms with Crippen LogP contribution in [0.5, 0.6) is 5.75 Å². The Morgan fingerprint density at radius 1 is 1.10 bits per heavy atom. The minimum atomic E-state index is -0.204. The lowest BCUT2D eigenvalue weighted by molar-refractivity contribution is 0.264. The second-order valence-corrected chi connectivity index (χ2v) is 5.47. The van der Waals surface area contributed by atoms with Crippen LogP contribution in [0.25, 0.3) is 0 Å². The van der Waals surface area contributed by atoms with Crippen molar-refractivity contribution in [3.63, 3.8) is 0 Å². The number of rotatable bonds is 6. The molecule has 0 fully saturated rings. The number of ether oxygens (including phenoxy) is 1. The number of hydrogen-bond donors (Lipinski definition) is 1. The normalized spacial score (nSPS) is 13.7. The summed E-state index contributed by atoms with van der Waals surface area (Å²) in [5.41, 5.74) is 2.16. The average Bonchev–Trinajstić information content (AvgIpc) is 2.46. The zero-order valence-electron chi connectivity index (χ0n) is 12.8. The molecule has 21 heavy (non-hydrogen) atoms. The molecule has 2 nitrogen and oxygen atoms in total. The molecule has 0 spiro atoms. The van der Waals surface area contributed by atoms with Gasteiger partial charge in [-0.15, -0.1) is 0 Å². The second-order valence-electron chi connectivity index (χ2n) is 5.47. The third-order valence-corrected chi connectivity index (χ3v) is 3.40. The van der Waals surface area contributed by atoms with Gasteiger partial charge in [0.1, 0.15) is 18.2 Å². The Balaban J connectivity index is 1.83. The number of hydrogen-bond acceptors (Lipinski definition) is 2. The quantitative estimate of drug-likeness (QED) is 0.857.